The Balaban J connectivity index is 0.952. The number of hydrogen-bond donors (Lipinski definition) is 0. The Morgan fingerprint density at radius 3 is 2.40 bits per heavy atom. The summed E-state index contributed by atoms with van der Waals surface area (Å²) < 4.78 is 0. The molecule has 2 nitrogen and oxygen atoms in total. The minimum absolute atomic E-state index is 0.0918. The predicted octanol–water partition coefficient (Wildman–Crippen LogP) is 15.1. The summed E-state index contributed by atoms with van der Waals surface area (Å²) in [6.07, 6.45) is 59.9. The molecular formula is C61H64N2. The Kier molecular flexibility index (Phi) is 9.49. The van der Waals surface area contributed by atoms with E-state index in [9.17, 15) is 0 Å². The number of para-hydroxylation sites is 1. The minimum Gasteiger partial charge on any atom is -0.358 e. The standard InChI is InChI=1S/C61H64N2/c1-3-20-44(21-4-1)62(46-36-35-43-34-33-42-18-7-9-24-48(42)53(43)39-46)47-37-38-51-50-26-11-13-28-54(50)61(57(51)40-47)55-29-14-12-27-52(55)60-56(61)30-16-32-59(60)63(45-22-5-2-6-23-45)58-31-15-19-41-17-8-10-25-49(41)58/h1-5,7,11-12,15-16,18-22,26-27,30-32,35-38,41-42,46-49,51,57H,6,8-10,13-14,17,23-25,28-29,33-34,39-40H2. The molecular weight excluding hydrogens is 761 g/mol. The zero-order valence-corrected chi connectivity index (χ0v) is 37.2. The van der Waals surface area contributed by atoms with Gasteiger partial charge in [0, 0.05) is 45.9 Å². The Morgan fingerprint density at radius 2 is 1.48 bits per heavy atom. The lowest BCUT2D eigenvalue weighted by molar-refractivity contribution is 0.286. The van der Waals surface area contributed by atoms with E-state index >= 15 is 0 Å². The van der Waals surface area contributed by atoms with Crippen molar-refractivity contribution in [1.29, 1.82) is 0 Å². The highest BCUT2D eigenvalue weighted by Crippen LogP contribution is 2.69. The van der Waals surface area contributed by atoms with Crippen molar-refractivity contribution in [3.8, 4) is 0 Å². The topological polar surface area (TPSA) is 6.48 Å². The van der Waals surface area contributed by atoms with E-state index in [1.165, 1.54) is 86.1 Å². The summed E-state index contributed by atoms with van der Waals surface area (Å²) in [6.45, 7) is 0. The molecule has 1 saturated carbocycles. The molecule has 2 aromatic rings. The van der Waals surface area contributed by atoms with Crippen LogP contribution in [0.4, 0.5) is 11.4 Å². The molecule has 0 amide bonds. The molecule has 2 aromatic carbocycles. The molecule has 11 aliphatic carbocycles. The molecule has 1 fully saturated rings. The van der Waals surface area contributed by atoms with Gasteiger partial charge in [-0.15, -0.1) is 0 Å². The van der Waals surface area contributed by atoms with Gasteiger partial charge in [0.25, 0.3) is 0 Å². The van der Waals surface area contributed by atoms with E-state index in [4.69, 9.17) is 0 Å². The van der Waals surface area contributed by atoms with Crippen LogP contribution in [-0.4, -0.2) is 12.1 Å². The van der Waals surface area contributed by atoms with Gasteiger partial charge in [0.05, 0.1) is 11.7 Å². The van der Waals surface area contributed by atoms with Crippen molar-refractivity contribution in [1.82, 2.24) is 0 Å². The Morgan fingerprint density at radius 1 is 0.603 bits per heavy atom. The number of allylic oxidation sites excluding steroid dienone is 21. The van der Waals surface area contributed by atoms with Gasteiger partial charge in [-0.1, -0.05) is 139 Å². The van der Waals surface area contributed by atoms with E-state index in [1.54, 1.807) is 39.0 Å². The molecule has 0 aliphatic heterocycles. The lowest BCUT2D eigenvalue weighted by Gasteiger charge is -2.48. The first kappa shape index (κ1) is 38.4. The fraction of sp³-hybridized carbons (Fsp3) is 0.410. The van der Waals surface area contributed by atoms with Gasteiger partial charge in [0.1, 0.15) is 0 Å². The van der Waals surface area contributed by atoms with E-state index in [0.717, 1.165) is 50.9 Å². The molecule has 9 unspecified atom stereocenters. The average molecular weight is 825 g/mol. The van der Waals surface area contributed by atoms with Gasteiger partial charge in [-0.25, -0.2) is 0 Å². The second kappa shape index (κ2) is 15.6. The quantitative estimate of drug-likeness (QED) is 0.268. The molecule has 0 bridgehead atoms. The normalized spacial score (nSPS) is 34.2. The molecule has 11 aliphatic rings. The van der Waals surface area contributed by atoms with Gasteiger partial charge >= 0.3 is 0 Å². The number of nitrogens with zero attached hydrogens (tertiary/aromatic N) is 2. The van der Waals surface area contributed by atoms with Crippen molar-refractivity contribution in [2.75, 3.05) is 9.80 Å². The van der Waals surface area contributed by atoms with E-state index in [-0.39, 0.29) is 5.41 Å². The number of benzene rings is 2. The third-order valence-corrected chi connectivity index (χ3v) is 17.9. The summed E-state index contributed by atoms with van der Waals surface area (Å²) in [7, 11) is 0. The first-order valence-corrected chi connectivity index (χ1v) is 25.3. The van der Waals surface area contributed by atoms with Crippen molar-refractivity contribution >= 4 is 16.9 Å². The van der Waals surface area contributed by atoms with Crippen LogP contribution in [0.1, 0.15) is 114 Å². The summed E-state index contributed by atoms with van der Waals surface area (Å²) in [5, 5.41) is 0. The third-order valence-electron chi connectivity index (χ3n) is 17.9. The van der Waals surface area contributed by atoms with Crippen molar-refractivity contribution < 1.29 is 0 Å². The Hall–Kier alpha value is -5.08. The van der Waals surface area contributed by atoms with Crippen LogP contribution in [0.15, 0.2) is 185 Å². The maximum Gasteiger partial charge on any atom is 0.0536 e. The van der Waals surface area contributed by atoms with Crippen LogP contribution >= 0.6 is 0 Å². The largest absolute Gasteiger partial charge is 0.358 e. The molecule has 0 radical (unpaired) electrons. The highest BCUT2D eigenvalue weighted by atomic mass is 15.2. The van der Waals surface area contributed by atoms with Gasteiger partial charge in [-0.3, -0.25) is 0 Å². The van der Waals surface area contributed by atoms with Crippen molar-refractivity contribution in [3.63, 3.8) is 0 Å². The number of rotatable bonds is 6. The summed E-state index contributed by atoms with van der Waals surface area (Å²) in [6, 6.07) is 19.8. The fourth-order valence-corrected chi connectivity index (χ4v) is 15.5. The zero-order valence-electron chi connectivity index (χ0n) is 37.2. The second-order valence-electron chi connectivity index (χ2n) is 20.8. The summed E-state index contributed by atoms with van der Waals surface area (Å²) in [4.78, 5) is 5.69. The summed E-state index contributed by atoms with van der Waals surface area (Å²) in [5.41, 5.74) is 19.0. The van der Waals surface area contributed by atoms with Crippen LogP contribution in [0.3, 0.4) is 0 Å². The van der Waals surface area contributed by atoms with Crippen molar-refractivity contribution in [2.45, 2.75) is 120 Å². The summed E-state index contributed by atoms with van der Waals surface area (Å²) in [5.74, 6) is 3.56. The van der Waals surface area contributed by atoms with Gasteiger partial charge < -0.3 is 9.80 Å². The first-order chi connectivity index (χ1) is 31.3. The molecule has 2 heteroatoms. The number of hydrogen-bond acceptors (Lipinski definition) is 2. The van der Waals surface area contributed by atoms with Crippen LogP contribution in [0, 0.1) is 35.5 Å². The number of anilines is 2. The monoisotopic (exact) mass is 825 g/mol. The highest BCUT2D eigenvalue weighted by Gasteiger charge is 2.61. The van der Waals surface area contributed by atoms with E-state index in [1.807, 2.05) is 0 Å². The van der Waals surface area contributed by atoms with Gasteiger partial charge in [0.2, 0.25) is 0 Å². The number of fused-ring (bicyclic) bond motifs is 11. The molecule has 63 heavy (non-hydrogen) atoms. The molecule has 0 N–H and O–H groups in total. The lowest BCUT2D eigenvalue weighted by Crippen LogP contribution is -2.48. The van der Waals surface area contributed by atoms with Crippen LogP contribution in [0.2, 0.25) is 0 Å². The van der Waals surface area contributed by atoms with Crippen LogP contribution in [0.25, 0.3) is 5.57 Å². The van der Waals surface area contributed by atoms with Gasteiger partial charge in [-0.2, -0.15) is 0 Å². The SMILES string of the molecule is C1=CCCC(N(C2=CC=CC3CCCCC23)c2cccc3c2C2=C(CCC=C2)C32C3=C(C=CCC3)C3C=CC(N(c4ccccc4)C4C=CC5=C(C4)C4CCC=CC4CC5)CC32)=C1. The molecule has 0 heterocycles. The maximum absolute atomic E-state index is 2.88. The average Bonchev–Trinajstić information content (AvgIpc) is 3.82. The molecule has 0 aromatic heterocycles. The van der Waals surface area contributed by atoms with E-state index in [0.29, 0.717) is 41.7 Å². The molecule has 1 spiro atoms. The third kappa shape index (κ3) is 5.95. The molecule has 0 saturated heterocycles. The fourth-order valence-electron chi connectivity index (χ4n) is 15.5. The van der Waals surface area contributed by atoms with Gasteiger partial charge in [-0.05, 0) is 172 Å². The second-order valence-corrected chi connectivity index (χ2v) is 20.8. The van der Waals surface area contributed by atoms with Crippen LogP contribution in [-0.2, 0) is 5.41 Å². The molecule has 318 valence electrons. The van der Waals surface area contributed by atoms with Gasteiger partial charge in [0.15, 0.2) is 0 Å². The Labute approximate surface area is 377 Å². The van der Waals surface area contributed by atoms with Crippen molar-refractivity contribution in [3.05, 3.63) is 196 Å². The highest BCUT2D eigenvalue weighted by molar-refractivity contribution is 5.96. The van der Waals surface area contributed by atoms with E-state index < -0.39 is 0 Å². The minimum atomic E-state index is -0.0918. The first-order valence-electron chi connectivity index (χ1n) is 25.3. The molecule has 9 atom stereocenters. The van der Waals surface area contributed by atoms with Crippen molar-refractivity contribution in [2.24, 2.45) is 35.5 Å². The Bertz CT molecular complexity index is 2590. The van der Waals surface area contributed by atoms with E-state index in [2.05, 4.69) is 156 Å². The lowest BCUT2D eigenvalue weighted by atomic mass is 9.60. The summed E-state index contributed by atoms with van der Waals surface area (Å²) >= 11 is 0. The zero-order chi connectivity index (χ0) is 41.5. The maximum atomic E-state index is 2.88. The van der Waals surface area contributed by atoms with Crippen LogP contribution in [0.5, 0.6) is 0 Å². The smallest absolute Gasteiger partial charge is 0.0536 e. The molecule has 13 rings (SSSR count). The predicted molar refractivity (Wildman–Crippen MR) is 263 cm³/mol. The van der Waals surface area contributed by atoms with Crippen LogP contribution < -0.4 is 9.80 Å².